The topological polar surface area (TPSA) is 103 Å². The fourth-order valence-corrected chi connectivity index (χ4v) is 4.38. The third-order valence-corrected chi connectivity index (χ3v) is 6.32. The van der Waals surface area contributed by atoms with Crippen LogP contribution in [0.4, 0.5) is 5.69 Å². The summed E-state index contributed by atoms with van der Waals surface area (Å²) < 4.78 is 11.7. The molecule has 9 nitrogen and oxygen atoms in total. The van der Waals surface area contributed by atoms with Crippen LogP contribution in [0, 0.1) is 0 Å². The molecule has 0 fully saturated rings. The Labute approximate surface area is 203 Å². The smallest absolute Gasteiger partial charge is 0.359 e. The number of imidazole rings is 1. The van der Waals surface area contributed by atoms with E-state index in [0.29, 0.717) is 11.4 Å². The van der Waals surface area contributed by atoms with Gasteiger partial charge in [0.05, 0.1) is 27.1 Å². The monoisotopic (exact) mass is 476 g/mol. The highest BCUT2D eigenvalue weighted by molar-refractivity contribution is 6.15. The first-order valence-electron chi connectivity index (χ1n) is 11.3. The maximum Gasteiger partial charge on any atom is 0.359 e. The standard InChI is InChI=1S/C26H28N4O5/c1-5-17-10-12-19(13-11-17)30-23(31)22-21(24(32)35-4)28-16-29(22)15-26(30,2)25(33)27-14-18-8-6-7-9-20(18)34-3/h6-13,16H,5,14-15H2,1-4H3,(H,27,33). The summed E-state index contributed by atoms with van der Waals surface area (Å²) in [6.45, 7) is 4.07. The van der Waals surface area contributed by atoms with Crippen LogP contribution in [-0.2, 0) is 29.0 Å². The van der Waals surface area contributed by atoms with Crippen molar-refractivity contribution >= 4 is 23.5 Å². The zero-order valence-electron chi connectivity index (χ0n) is 20.2. The highest BCUT2D eigenvalue weighted by Gasteiger charge is 2.49. The van der Waals surface area contributed by atoms with E-state index in [0.717, 1.165) is 17.5 Å². The van der Waals surface area contributed by atoms with Crippen molar-refractivity contribution in [2.45, 2.75) is 38.9 Å². The predicted molar refractivity (Wildman–Crippen MR) is 129 cm³/mol. The van der Waals surface area contributed by atoms with Crippen LogP contribution in [0.1, 0.15) is 46.0 Å². The van der Waals surface area contributed by atoms with Gasteiger partial charge in [0.2, 0.25) is 5.91 Å². The molecule has 2 amide bonds. The van der Waals surface area contributed by atoms with Crippen LogP contribution in [0.3, 0.4) is 0 Å². The van der Waals surface area contributed by atoms with Crippen LogP contribution in [0.25, 0.3) is 0 Å². The first-order chi connectivity index (χ1) is 16.8. The summed E-state index contributed by atoms with van der Waals surface area (Å²) in [4.78, 5) is 45.3. The van der Waals surface area contributed by atoms with Gasteiger partial charge in [-0.15, -0.1) is 0 Å². The van der Waals surface area contributed by atoms with E-state index in [2.05, 4.69) is 10.3 Å². The number of ether oxygens (including phenoxy) is 2. The molecule has 0 aliphatic carbocycles. The molecule has 4 rings (SSSR count). The third kappa shape index (κ3) is 4.25. The van der Waals surface area contributed by atoms with Gasteiger partial charge in [-0.25, -0.2) is 9.78 Å². The molecule has 2 aromatic carbocycles. The third-order valence-electron chi connectivity index (χ3n) is 6.32. The minimum atomic E-state index is -1.30. The normalized spacial score (nSPS) is 17.0. The van der Waals surface area contributed by atoms with Gasteiger partial charge < -0.3 is 19.4 Å². The van der Waals surface area contributed by atoms with E-state index in [-0.39, 0.29) is 30.4 Å². The molecule has 1 unspecified atom stereocenters. The molecule has 0 saturated carbocycles. The minimum Gasteiger partial charge on any atom is -0.496 e. The van der Waals surface area contributed by atoms with Gasteiger partial charge in [0.1, 0.15) is 17.0 Å². The molecule has 35 heavy (non-hydrogen) atoms. The number of carbonyl (C=O) groups is 3. The number of carbonyl (C=O) groups excluding carboxylic acids is 3. The Morgan fingerprint density at radius 2 is 1.83 bits per heavy atom. The highest BCUT2D eigenvalue weighted by atomic mass is 16.5. The quantitative estimate of drug-likeness (QED) is 0.526. The summed E-state index contributed by atoms with van der Waals surface area (Å²) in [6, 6.07) is 14.9. The Morgan fingerprint density at radius 3 is 2.49 bits per heavy atom. The van der Waals surface area contributed by atoms with Crippen LogP contribution in [0.15, 0.2) is 54.9 Å². The predicted octanol–water partition coefficient (Wildman–Crippen LogP) is 2.98. The number of benzene rings is 2. The van der Waals surface area contributed by atoms with Gasteiger partial charge in [-0.05, 0) is 37.1 Å². The van der Waals surface area contributed by atoms with Gasteiger partial charge >= 0.3 is 5.97 Å². The molecular weight excluding hydrogens is 448 g/mol. The van der Waals surface area contributed by atoms with Crippen molar-refractivity contribution in [1.82, 2.24) is 14.9 Å². The van der Waals surface area contributed by atoms with Crippen LogP contribution in [0.2, 0.25) is 0 Å². The number of rotatable bonds is 7. The second-order valence-corrected chi connectivity index (χ2v) is 8.49. The average molecular weight is 477 g/mol. The Bertz CT molecular complexity index is 1270. The van der Waals surface area contributed by atoms with Crippen molar-refractivity contribution in [3.8, 4) is 5.75 Å². The summed E-state index contributed by atoms with van der Waals surface area (Å²) in [5.41, 5.74) is 1.17. The van der Waals surface area contributed by atoms with Crippen LogP contribution < -0.4 is 15.0 Å². The van der Waals surface area contributed by atoms with Crippen molar-refractivity contribution < 1.29 is 23.9 Å². The number of esters is 1. The number of hydrogen-bond acceptors (Lipinski definition) is 6. The van der Waals surface area contributed by atoms with Crippen LogP contribution in [-0.4, -0.2) is 47.1 Å². The molecule has 2 heterocycles. The zero-order chi connectivity index (χ0) is 25.2. The van der Waals surface area contributed by atoms with E-state index >= 15 is 0 Å². The van der Waals surface area contributed by atoms with E-state index in [4.69, 9.17) is 9.47 Å². The molecule has 1 aromatic heterocycles. The number of nitrogens with zero attached hydrogens (tertiary/aromatic N) is 3. The van der Waals surface area contributed by atoms with E-state index in [1.54, 1.807) is 14.0 Å². The van der Waals surface area contributed by atoms with Crippen molar-refractivity contribution in [3.05, 3.63) is 77.4 Å². The number of anilines is 1. The fourth-order valence-electron chi connectivity index (χ4n) is 4.38. The first-order valence-corrected chi connectivity index (χ1v) is 11.3. The molecule has 9 heteroatoms. The van der Waals surface area contributed by atoms with Gasteiger partial charge in [0.15, 0.2) is 5.69 Å². The lowest BCUT2D eigenvalue weighted by molar-refractivity contribution is -0.126. The Hall–Kier alpha value is -4.14. The SMILES string of the molecule is CCc1ccc(N2C(=O)c3c(C(=O)OC)ncn3CC2(C)C(=O)NCc2ccccc2OC)cc1. The highest BCUT2D eigenvalue weighted by Crippen LogP contribution is 2.34. The number of fused-ring (bicyclic) bond motifs is 1. The largest absolute Gasteiger partial charge is 0.496 e. The number of para-hydroxylation sites is 1. The summed E-state index contributed by atoms with van der Waals surface area (Å²) in [7, 11) is 2.81. The van der Waals surface area contributed by atoms with E-state index < -0.39 is 17.4 Å². The molecular formula is C26H28N4O5. The number of hydrogen-bond donors (Lipinski definition) is 1. The summed E-state index contributed by atoms with van der Waals surface area (Å²) in [6.07, 6.45) is 2.23. The van der Waals surface area contributed by atoms with Gasteiger partial charge in [-0.1, -0.05) is 37.3 Å². The maximum absolute atomic E-state index is 13.8. The Morgan fingerprint density at radius 1 is 1.11 bits per heavy atom. The molecule has 3 aromatic rings. The molecule has 1 N–H and O–H groups in total. The van der Waals surface area contributed by atoms with Crippen molar-refractivity contribution in [3.63, 3.8) is 0 Å². The van der Waals surface area contributed by atoms with Gasteiger partial charge in [-0.2, -0.15) is 0 Å². The molecule has 1 aliphatic heterocycles. The lowest BCUT2D eigenvalue weighted by atomic mass is 9.93. The molecule has 182 valence electrons. The number of methoxy groups -OCH3 is 2. The van der Waals surface area contributed by atoms with Crippen LogP contribution in [0.5, 0.6) is 5.75 Å². The van der Waals surface area contributed by atoms with Crippen LogP contribution >= 0.6 is 0 Å². The summed E-state index contributed by atoms with van der Waals surface area (Å²) >= 11 is 0. The first kappa shape index (κ1) is 24.0. The lowest BCUT2D eigenvalue weighted by Crippen LogP contribution is -2.64. The summed E-state index contributed by atoms with van der Waals surface area (Å²) in [5.74, 6) is -0.912. The molecule has 1 aliphatic rings. The molecule has 1 atom stereocenters. The Balaban J connectivity index is 1.74. The van der Waals surface area contributed by atoms with Crippen molar-refractivity contribution in [2.24, 2.45) is 0 Å². The van der Waals surface area contributed by atoms with E-state index in [1.165, 1.54) is 22.9 Å². The summed E-state index contributed by atoms with van der Waals surface area (Å²) in [5, 5.41) is 2.96. The van der Waals surface area contributed by atoms with Gasteiger partial charge in [0, 0.05) is 17.8 Å². The van der Waals surface area contributed by atoms with E-state index in [9.17, 15) is 14.4 Å². The zero-order valence-corrected chi connectivity index (χ0v) is 20.2. The molecule has 0 bridgehead atoms. The maximum atomic E-state index is 13.8. The van der Waals surface area contributed by atoms with Crippen molar-refractivity contribution in [1.29, 1.82) is 0 Å². The molecule has 0 radical (unpaired) electrons. The number of nitrogens with one attached hydrogen (secondary N) is 1. The number of amides is 2. The fraction of sp³-hybridized carbons (Fsp3) is 0.308. The average Bonchev–Trinajstić information content (AvgIpc) is 3.31. The lowest BCUT2D eigenvalue weighted by Gasteiger charge is -2.43. The number of aryl methyl sites for hydroxylation is 1. The Kier molecular flexibility index (Phi) is 6.59. The second-order valence-electron chi connectivity index (χ2n) is 8.49. The van der Waals surface area contributed by atoms with E-state index in [1.807, 2.05) is 55.5 Å². The molecule has 0 spiro atoms. The van der Waals surface area contributed by atoms with Gasteiger partial charge in [0.25, 0.3) is 5.91 Å². The van der Waals surface area contributed by atoms with Gasteiger partial charge in [-0.3, -0.25) is 14.5 Å². The second kappa shape index (κ2) is 9.61. The van der Waals surface area contributed by atoms with Crippen molar-refractivity contribution in [2.75, 3.05) is 19.1 Å². The number of aromatic nitrogens is 2. The minimum absolute atomic E-state index is 0.0795. The molecule has 0 saturated heterocycles.